The van der Waals surface area contributed by atoms with Crippen LogP contribution in [0.3, 0.4) is 0 Å². The van der Waals surface area contributed by atoms with Crippen LogP contribution in [0.2, 0.25) is 0 Å². The van der Waals surface area contributed by atoms with E-state index in [-0.39, 0.29) is 0 Å². The van der Waals surface area contributed by atoms with Gasteiger partial charge in [0.05, 0.1) is 0 Å². The van der Waals surface area contributed by atoms with E-state index in [1.807, 2.05) is 18.2 Å². The van der Waals surface area contributed by atoms with E-state index < -0.39 is 0 Å². The van der Waals surface area contributed by atoms with Gasteiger partial charge in [0.25, 0.3) is 0 Å². The molecule has 0 atom stereocenters. The normalized spacial score (nSPS) is 10.4. The van der Waals surface area contributed by atoms with Gasteiger partial charge in [0.2, 0.25) is 0 Å². The van der Waals surface area contributed by atoms with E-state index >= 15 is 0 Å². The second-order valence-corrected chi connectivity index (χ2v) is 6.10. The molecule has 2 heteroatoms. The summed E-state index contributed by atoms with van der Waals surface area (Å²) in [5.74, 6) is 0.364. The third-order valence-electron chi connectivity index (χ3n) is 2.41. The van der Waals surface area contributed by atoms with Gasteiger partial charge in [-0.2, -0.15) is 0 Å². The summed E-state index contributed by atoms with van der Waals surface area (Å²) >= 11 is 0.323. The molecule has 2 aromatic rings. The molecule has 2 aromatic carbocycles. The molecule has 2 rings (SSSR count). The molecule has 1 N–H and O–H groups in total. The molecule has 0 aliphatic carbocycles. The first-order valence-corrected chi connectivity index (χ1v) is 6.91. The second-order valence-electron chi connectivity index (χ2n) is 3.82. The minimum atomic E-state index is 0.323. The van der Waals surface area contributed by atoms with Crippen LogP contribution in [0.25, 0.3) is 0 Å². The van der Waals surface area contributed by atoms with Crippen molar-refractivity contribution in [1.82, 2.24) is 0 Å². The van der Waals surface area contributed by atoms with Crippen LogP contribution in [0.4, 0.5) is 0 Å². The quantitative estimate of drug-likeness (QED) is 0.828. The molecule has 0 heterocycles. The first-order valence-electron chi connectivity index (χ1n) is 5.20. The van der Waals surface area contributed by atoms with Gasteiger partial charge in [0.1, 0.15) is 0 Å². The first-order chi connectivity index (χ1) is 7.66. The van der Waals surface area contributed by atoms with Crippen LogP contribution in [0.1, 0.15) is 11.1 Å². The van der Waals surface area contributed by atoms with Crippen LogP contribution in [-0.4, -0.2) is 20.1 Å². The maximum absolute atomic E-state index is 9.49. The molecule has 1 nitrogen and oxygen atoms in total. The second kappa shape index (κ2) is 4.73. The van der Waals surface area contributed by atoms with Crippen molar-refractivity contribution in [1.29, 1.82) is 0 Å². The van der Waals surface area contributed by atoms with Gasteiger partial charge in [-0.05, 0) is 0 Å². The fraction of sp³-hybridized carbons (Fsp3) is 0.143. The van der Waals surface area contributed by atoms with Crippen LogP contribution in [0.5, 0.6) is 5.75 Å². The summed E-state index contributed by atoms with van der Waals surface area (Å²) in [7, 11) is 0. The zero-order chi connectivity index (χ0) is 11.5. The maximum atomic E-state index is 9.49. The zero-order valence-corrected chi connectivity index (χ0v) is 11.1. The Balaban J connectivity index is 2.35. The predicted octanol–water partition coefficient (Wildman–Crippen LogP) is 1.66. The molecule has 16 heavy (non-hydrogen) atoms. The summed E-state index contributed by atoms with van der Waals surface area (Å²) < 4.78 is 2.74. The van der Waals surface area contributed by atoms with Gasteiger partial charge in [-0.25, -0.2) is 0 Å². The van der Waals surface area contributed by atoms with Crippen molar-refractivity contribution >= 4 is 23.9 Å². The molecule has 82 valence electrons. The fourth-order valence-electron chi connectivity index (χ4n) is 1.69. The Bertz CT molecular complexity index is 468. The van der Waals surface area contributed by atoms with Crippen LogP contribution in [0, 0.1) is 13.8 Å². The monoisotopic (exact) mass is 278 g/mol. The molecule has 0 aliphatic heterocycles. The van der Waals surface area contributed by atoms with Gasteiger partial charge in [-0.1, -0.05) is 0 Å². The van der Waals surface area contributed by atoms with Gasteiger partial charge in [-0.3, -0.25) is 0 Å². The Labute approximate surface area is 102 Å². The Morgan fingerprint density at radius 3 is 2.06 bits per heavy atom. The van der Waals surface area contributed by atoms with Crippen LogP contribution in [0.15, 0.2) is 42.5 Å². The van der Waals surface area contributed by atoms with E-state index in [1.165, 1.54) is 20.1 Å². The number of benzene rings is 2. The van der Waals surface area contributed by atoms with Crippen molar-refractivity contribution < 1.29 is 5.11 Å². The molecule has 0 aliphatic rings. The van der Waals surface area contributed by atoms with Crippen LogP contribution >= 0.6 is 0 Å². The van der Waals surface area contributed by atoms with Gasteiger partial charge < -0.3 is 0 Å². The zero-order valence-electron chi connectivity index (χ0n) is 9.40. The van der Waals surface area contributed by atoms with Gasteiger partial charge in [-0.15, -0.1) is 0 Å². The molecule has 0 saturated heterocycles. The molecule has 0 bridgehead atoms. The number of phenolic OH excluding ortho intramolecular Hbond substituents is 1. The Hall–Kier alpha value is -1.24. The third kappa shape index (κ3) is 2.46. The van der Waals surface area contributed by atoms with E-state index in [9.17, 15) is 5.11 Å². The van der Waals surface area contributed by atoms with Gasteiger partial charge in [0.15, 0.2) is 0 Å². The molecule has 0 saturated carbocycles. The van der Waals surface area contributed by atoms with Crippen LogP contribution in [-0.2, 0) is 0 Å². The minimum absolute atomic E-state index is 0.323. The molecular weight excluding hydrogens is 263 g/mol. The summed E-state index contributed by atoms with van der Waals surface area (Å²) in [6.45, 7) is 4.12. The third-order valence-corrected chi connectivity index (χ3v) is 5.25. The number of hydrogen-bond donors (Lipinski definition) is 1. The molecule has 0 radical (unpaired) electrons. The number of hydrogen-bond acceptors (Lipinski definition) is 1. The predicted molar refractivity (Wildman–Crippen MR) is 69.0 cm³/mol. The number of rotatable bonds is 2. The van der Waals surface area contributed by atoms with Crippen molar-refractivity contribution in [3.63, 3.8) is 0 Å². The van der Waals surface area contributed by atoms with E-state index in [1.54, 1.807) is 0 Å². The number of aromatic hydroxyl groups is 1. The van der Waals surface area contributed by atoms with Crippen LogP contribution < -0.4 is 8.92 Å². The standard InChI is InChI=1S/C14H14OSe/c1-10-8-12(15)9-11(2)14(10)16-13-6-4-3-5-7-13/h3-9,15H,1-2H3. The average Bonchev–Trinajstić information content (AvgIpc) is 2.25. The van der Waals surface area contributed by atoms with Crippen molar-refractivity contribution in [3.8, 4) is 5.75 Å². The van der Waals surface area contributed by atoms with E-state index in [4.69, 9.17) is 0 Å². The Kier molecular flexibility index (Phi) is 3.33. The van der Waals surface area contributed by atoms with Crippen molar-refractivity contribution in [2.24, 2.45) is 0 Å². The topological polar surface area (TPSA) is 20.2 Å². The van der Waals surface area contributed by atoms with Gasteiger partial charge in [0, 0.05) is 0 Å². The molecular formula is C14H14OSe. The molecule has 0 fully saturated rings. The molecule has 0 amide bonds. The first kappa shape index (κ1) is 11.3. The number of phenols is 1. The number of aryl methyl sites for hydroxylation is 2. The molecule has 0 spiro atoms. The van der Waals surface area contributed by atoms with Crippen molar-refractivity contribution in [2.75, 3.05) is 0 Å². The van der Waals surface area contributed by atoms with E-state index in [0.29, 0.717) is 20.7 Å². The summed E-state index contributed by atoms with van der Waals surface area (Å²) in [5.41, 5.74) is 2.36. The SMILES string of the molecule is Cc1cc(O)cc(C)c1[Se]c1ccccc1. The van der Waals surface area contributed by atoms with E-state index in [2.05, 4.69) is 38.1 Å². The Morgan fingerprint density at radius 1 is 0.938 bits per heavy atom. The Morgan fingerprint density at radius 2 is 1.50 bits per heavy atom. The fourth-order valence-corrected chi connectivity index (χ4v) is 3.73. The van der Waals surface area contributed by atoms with E-state index in [0.717, 1.165) is 0 Å². The molecule has 0 aromatic heterocycles. The summed E-state index contributed by atoms with van der Waals surface area (Å²) in [4.78, 5) is 0. The van der Waals surface area contributed by atoms with Crippen molar-refractivity contribution in [2.45, 2.75) is 13.8 Å². The van der Waals surface area contributed by atoms with Gasteiger partial charge >= 0.3 is 102 Å². The summed E-state index contributed by atoms with van der Waals surface area (Å²) in [6, 6.07) is 14.2. The molecule has 0 unspecified atom stereocenters. The summed E-state index contributed by atoms with van der Waals surface area (Å²) in [6.07, 6.45) is 0. The van der Waals surface area contributed by atoms with Crippen molar-refractivity contribution in [3.05, 3.63) is 53.6 Å². The average molecular weight is 277 g/mol. The summed E-state index contributed by atoms with van der Waals surface area (Å²) in [5, 5.41) is 9.49.